The third kappa shape index (κ3) is 3.34. The molecule has 1 aromatic rings. The highest BCUT2D eigenvalue weighted by Crippen LogP contribution is 2.18. The summed E-state index contributed by atoms with van der Waals surface area (Å²) in [6.45, 7) is 10.6. The third-order valence-electron chi connectivity index (χ3n) is 2.57. The van der Waals surface area contributed by atoms with Crippen molar-refractivity contribution in [1.82, 2.24) is 4.90 Å². The van der Waals surface area contributed by atoms with E-state index in [2.05, 4.69) is 6.58 Å². The van der Waals surface area contributed by atoms with Crippen molar-refractivity contribution < 1.29 is 9.90 Å². The van der Waals surface area contributed by atoms with Crippen LogP contribution in [0.5, 0.6) is 5.75 Å². The van der Waals surface area contributed by atoms with Crippen molar-refractivity contribution >= 4 is 5.91 Å². The number of phenolic OH excluding ortho intramolecular Hbond substituents is 1. The number of hydrogen-bond acceptors (Lipinski definition) is 2. The topological polar surface area (TPSA) is 40.5 Å². The number of carbonyl (C=O) groups is 1. The first-order valence-corrected chi connectivity index (χ1v) is 5.69. The lowest BCUT2D eigenvalue weighted by atomic mass is 10.1. The summed E-state index contributed by atoms with van der Waals surface area (Å²) in [6.07, 6.45) is 0. The van der Waals surface area contributed by atoms with Crippen LogP contribution in [-0.4, -0.2) is 29.0 Å². The van der Waals surface area contributed by atoms with Crippen LogP contribution < -0.4 is 0 Å². The number of rotatable bonds is 4. The van der Waals surface area contributed by atoms with Gasteiger partial charge in [0.1, 0.15) is 5.75 Å². The van der Waals surface area contributed by atoms with Gasteiger partial charge >= 0.3 is 0 Å². The summed E-state index contributed by atoms with van der Waals surface area (Å²) < 4.78 is 0. The molecule has 0 aromatic heterocycles. The number of carbonyl (C=O) groups excluding carboxylic acids is 1. The van der Waals surface area contributed by atoms with E-state index >= 15 is 0 Å². The van der Waals surface area contributed by atoms with Crippen LogP contribution in [0.25, 0.3) is 0 Å². The smallest absolute Gasteiger partial charge is 0.254 e. The Balaban J connectivity index is 2.93. The monoisotopic (exact) mass is 233 g/mol. The predicted octanol–water partition coefficient (Wildman–Crippen LogP) is 2.74. The molecular formula is C14H19NO2. The van der Waals surface area contributed by atoms with E-state index in [9.17, 15) is 9.90 Å². The van der Waals surface area contributed by atoms with Gasteiger partial charge in [-0.3, -0.25) is 4.79 Å². The van der Waals surface area contributed by atoms with E-state index in [4.69, 9.17) is 0 Å². The summed E-state index contributed by atoms with van der Waals surface area (Å²) >= 11 is 0. The molecule has 0 heterocycles. The van der Waals surface area contributed by atoms with Gasteiger partial charge in [-0.1, -0.05) is 12.2 Å². The van der Waals surface area contributed by atoms with E-state index in [0.29, 0.717) is 24.2 Å². The summed E-state index contributed by atoms with van der Waals surface area (Å²) in [5, 5.41) is 9.43. The van der Waals surface area contributed by atoms with Crippen molar-refractivity contribution in [3.8, 4) is 5.75 Å². The lowest BCUT2D eigenvalue weighted by molar-refractivity contribution is 0.0778. The number of nitrogens with zero attached hydrogens (tertiary/aromatic N) is 1. The van der Waals surface area contributed by atoms with Gasteiger partial charge in [-0.2, -0.15) is 0 Å². The van der Waals surface area contributed by atoms with Crippen LogP contribution in [-0.2, 0) is 0 Å². The molecule has 0 unspecified atom stereocenters. The molecule has 0 fully saturated rings. The zero-order valence-corrected chi connectivity index (χ0v) is 10.7. The summed E-state index contributed by atoms with van der Waals surface area (Å²) in [6, 6.07) is 4.90. The molecule has 17 heavy (non-hydrogen) atoms. The van der Waals surface area contributed by atoms with Crippen LogP contribution in [0.15, 0.2) is 30.4 Å². The van der Waals surface area contributed by atoms with Crippen LogP contribution in [0.4, 0.5) is 0 Å². The minimum absolute atomic E-state index is 0.0291. The minimum Gasteiger partial charge on any atom is -0.508 e. The Labute approximate surface area is 102 Å². The van der Waals surface area contributed by atoms with Crippen LogP contribution in [0.2, 0.25) is 0 Å². The Morgan fingerprint density at radius 2 is 2.12 bits per heavy atom. The minimum atomic E-state index is -0.0291. The Morgan fingerprint density at radius 1 is 1.47 bits per heavy atom. The fraction of sp³-hybridized carbons (Fsp3) is 0.357. The van der Waals surface area contributed by atoms with Gasteiger partial charge in [-0.15, -0.1) is 0 Å². The third-order valence-corrected chi connectivity index (χ3v) is 2.57. The van der Waals surface area contributed by atoms with Gasteiger partial charge in [0.15, 0.2) is 0 Å². The fourth-order valence-corrected chi connectivity index (χ4v) is 1.62. The first-order valence-electron chi connectivity index (χ1n) is 5.69. The van der Waals surface area contributed by atoms with Gasteiger partial charge in [0, 0.05) is 18.7 Å². The average Bonchev–Trinajstić information content (AvgIpc) is 2.28. The zero-order chi connectivity index (χ0) is 13.0. The van der Waals surface area contributed by atoms with Crippen LogP contribution in [0, 0.1) is 6.92 Å². The molecule has 0 bridgehead atoms. The maximum Gasteiger partial charge on any atom is 0.254 e. The van der Waals surface area contributed by atoms with E-state index in [0.717, 1.165) is 5.57 Å². The number of benzene rings is 1. The van der Waals surface area contributed by atoms with Crippen LogP contribution in [0.3, 0.4) is 0 Å². The Kier molecular flexibility index (Phi) is 4.32. The van der Waals surface area contributed by atoms with E-state index in [-0.39, 0.29) is 11.7 Å². The standard InChI is InChI=1S/C14H19NO2/c1-5-15(9-10(2)3)14(17)12-6-7-13(16)11(4)8-12/h6-8,16H,2,5,9H2,1,3-4H3. The Morgan fingerprint density at radius 3 is 2.59 bits per heavy atom. The van der Waals surface area contributed by atoms with Gasteiger partial charge in [0.25, 0.3) is 5.91 Å². The highest BCUT2D eigenvalue weighted by Gasteiger charge is 2.14. The maximum absolute atomic E-state index is 12.2. The van der Waals surface area contributed by atoms with Gasteiger partial charge in [-0.25, -0.2) is 0 Å². The number of aryl methyl sites for hydroxylation is 1. The van der Waals surface area contributed by atoms with Crippen molar-refractivity contribution in [2.24, 2.45) is 0 Å². The second-order valence-corrected chi connectivity index (χ2v) is 4.28. The molecule has 0 saturated carbocycles. The molecule has 0 spiro atoms. The van der Waals surface area contributed by atoms with Gasteiger partial charge < -0.3 is 10.0 Å². The molecule has 3 heteroatoms. The summed E-state index contributed by atoms with van der Waals surface area (Å²) in [5.74, 6) is 0.183. The molecule has 1 amide bonds. The van der Waals surface area contributed by atoms with Gasteiger partial charge in [0.2, 0.25) is 0 Å². The highest BCUT2D eigenvalue weighted by molar-refractivity contribution is 5.94. The maximum atomic E-state index is 12.2. The zero-order valence-electron chi connectivity index (χ0n) is 10.7. The summed E-state index contributed by atoms with van der Waals surface area (Å²) in [7, 11) is 0. The highest BCUT2D eigenvalue weighted by atomic mass is 16.3. The van der Waals surface area contributed by atoms with E-state index < -0.39 is 0 Å². The molecule has 1 N–H and O–H groups in total. The Bertz CT molecular complexity index is 438. The van der Waals surface area contributed by atoms with Crippen molar-refractivity contribution in [2.75, 3.05) is 13.1 Å². The molecule has 0 aliphatic carbocycles. The second-order valence-electron chi connectivity index (χ2n) is 4.28. The number of likely N-dealkylation sites (N-methyl/N-ethyl adjacent to an activating group) is 1. The van der Waals surface area contributed by atoms with Crippen LogP contribution in [0.1, 0.15) is 29.8 Å². The van der Waals surface area contributed by atoms with E-state index in [1.807, 2.05) is 13.8 Å². The molecule has 0 saturated heterocycles. The first kappa shape index (κ1) is 13.3. The lowest BCUT2D eigenvalue weighted by Crippen LogP contribution is -2.32. The summed E-state index contributed by atoms with van der Waals surface area (Å²) in [4.78, 5) is 13.9. The van der Waals surface area contributed by atoms with Crippen molar-refractivity contribution in [3.05, 3.63) is 41.5 Å². The van der Waals surface area contributed by atoms with Crippen molar-refractivity contribution in [3.63, 3.8) is 0 Å². The lowest BCUT2D eigenvalue weighted by Gasteiger charge is -2.21. The van der Waals surface area contributed by atoms with Crippen molar-refractivity contribution in [1.29, 1.82) is 0 Å². The van der Waals surface area contributed by atoms with Gasteiger partial charge in [0.05, 0.1) is 0 Å². The molecule has 0 atom stereocenters. The molecule has 3 nitrogen and oxygen atoms in total. The molecule has 1 aromatic carbocycles. The van der Waals surface area contributed by atoms with E-state index in [1.165, 1.54) is 0 Å². The number of aromatic hydroxyl groups is 1. The number of amides is 1. The molecule has 0 aliphatic rings. The number of hydrogen-bond donors (Lipinski definition) is 1. The molecular weight excluding hydrogens is 214 g/mol. The molecule has 1 rings (SSSR count). The average molecular weight is 233 g/mol. The SMILES string of the molecule is C=C(C)CN(CC)C(=O)c1ccc(O)c(C)c1. The molecule has 0 aliphatic heterocycles. The molecule has 92 valence electrons. The Hall–Kier alpha value is -1.77. The quantitative estimate of drug-likeness (QED) is 0.812. The predicted molar refractivity (Wildman–Crippen MR) is 69.2 cm³/mol. The van der Waals surface area contributed by atoms with Crippen LogP contribution >= 0.6 is 0 Å². The summed E-state index contributed by atoms with van der Waals surface area (Å²) in [5.41, 5.74) is 2.27. The second kappa shape index (κ2) is 5.53. The number of phenols is 1. The molecule has 0 radical (unpaired) electrons. The van der Waals surface area contributed by atoms with Crippen molar-refractivity contribution in [2.45, 2.75) is 20.8 Å². The van der Waals surface area contributed by atoms with Gasteiger partial charge in [-0.05, 0) is 44.5 Å². The first-order chi connectivity index (χ1) is 7.95. The fourth-order valence-electron chi connectivity index (χ4n) is 1.62. The van der Waals surface area contributed by atoms with E-state index in [1.54, 1.807) is 30.0 Å². The largest absolute Gasteiger partial charge is 0.508 e. The normalized spacial score (nSPS) is 10.1.